The van der Waals surface area contributed by atoms with E-state index in [-0.39, 0.29) is 18.2 Å². The highest BCUT2D eigenvalue weighted by Gasteiger charge is 2.21. The zero-order chi connectivity index (χ0) is 17.3. The summed E-state index contributed by atoms with van der Waals surface area (Å²) < 4.78 is 0. The number of carbonyl (C=O) groups is 2. The van der Waals surface area contributed by atoms with Gasteiger partial charge in [-0.05, 0) is 35.4 Å². The van der Waals surface area contributed by atoms with E-state index in [0.29, 0.717) is 6.54 Å². The van der Waals surface area contributed by atoms with E-state index in [1.165, 1.54) is 16.5 Å². The van der Waals surface area contributed by atoms with E-state index in [9.17, 15) is 9.59 Å². The highest BCUT2D eigenvalue weighted by Crippen LogP contribution is 2.34. The fraction of sp³-hybridized carbons (Fsp3) is 0.400. The Labute approximate surface area is 142 Å². The molecule has 2 amide bonds. The van der Waals surface area contributed by atoms with Crippen LogP contribution in [0, 0.1) is 5.41 Å². The first-order chi connectivity index (χ1) is 11.4. The summed E-state index contributed by atoms with van der Waals surface area (Å²) in [7, 11) is 0. The SMILES string of the molecule is CC(C)(C)C(=O)NCCC(=O)Nc1ccc2c3c(cccc13)CC2. The van der Waals surface area contributed by atoms with Crippen molar-refractivity contribution in [1.82, 2.24) is 5.32 Å². The van der Waals surface area contributed by atoms with E-state index in [0.717, 1.165) is 23.9 Å². The number of aryl methyl sites for hydroxylation is 2. The summed E-state index contributed by atoms with van der Waals surface area (Å²) in [5.41, 5.74) is 3.13. The second-order valence-electron chi connectivity index (χ2n) is 7.42. The third-order valence-electron chi connectivity index (χ3n) is 4.47. The molecule has 0 aromatic heterocycles. The molecule has 0 radical (unpaired) electrons. The van der Waals surface area contributed by atoms with Gasteiger partial charge in [-0.15, -0.1) is 0 Å². The van der Waals surface area contributed by atoms with Crippen molar-refractivity contribution in [3.05, 3.63) is 41.5 Å². The number of hydrogen-bond donors (Lipinski definition) is 2. The third-order valence-corrected chi connectivity index (χ3v) is 4.47. The number of nitrogens with one attached hydrogen (secondary N) is 2. The number of amides is 2. The van der Waals surface area contributed by atoms with Gasteiger partial charge in [0.25, 0.3) is 0 Å². The minimum absolute atomic E-state index is 0.0411. The molecule has 2 N–H and O–H groups in total. The largest absolute Gasteiger partial charge is 0.355 e. The van der Waals surface area contributed by atoms with E-state index in [1.807, 2.05) is 32.9 Å². The highest BCUT2D eigenvalue weighted by atomic mass is 16.2. The minimum atomic E-state index is -0.436. The van der Waals surface area contributed by atoms with Crippen molar-refractivity contribution >= 4 is 28.3 Å². The van der Waals surface area contributed by atoms with Crippen LogP contribution in [0.2, 0.25) is 0 Å². The molecular formula is C20H24N2O2. The summed E-state index contributed by atoms with van der Waals surface area (Å²) >= 11 is 0. The van der Waals surface area contributed by atoms with Gasteiger partial charge in [-0.2, -0.15) is 0 Å². The molecule has 126 valence electrons. The Hall–Kier alpha value is -2.36. The number of rotatable bonds is 4. The van der Waals surface area contributed by atoms with Gasteiger partial charge < -0.3 is 10.6 Å². The van der Waals surface area contributed by atoms with Crippen molar-refractivity contribution in [2.75, 3.05) is 11.9 Å². The zero-order valence-electron chi connectivity index (χ0n) is 14.5. The Balaban J connectivity index is 1.66. The Bertz CT molecular complexity index is 793. The van der Waals surface area contributed by atoms with E-state index in [1.54, 1.807) is 0 Å². The van der Waals surface area contributed by atoms with Crippen molar-refractivity contribution < 1.29 is 9.59 Å². The van der Waals surface area contributed by atoms with Gasteiger partial charge in [0, 0.05) is 29.5 Å². The molecule has 0 bridgehead atoms. The van der Waals surface area contributed by atoms with Gasteiger partial charge in [0.1, 0.15) is 0 Å². The van der Waals surface area contributed by atoms with Crippen molar-refractivity contribution in [2.24, 2.45) is 5.41 Å². The molecule has 4 heteroatoms. The van der Waals surface area contributed by atoms with Crippen LogP contribution in [0.1, 0.15) is 38.3 Å². The minimum Gasteiger partial charge on any atom is -0.355 e. The van der Waals surface area contributed by atoms with Gasteiger partial charge >= 0.3 is 0 Å². The van der Waals surface area contributed by atoms with Crippen LogP contribution in [0.4, 0.5) is 5.69 Å². The normalized spacial score (nSPS) is 13.1. The molecule has 0 atom stereocenters. The van der Waals surface area contributed by atoms with Crippen LogP contribution in [-0.2, 0) is 22.4 Å². The third kappa shape index (κ3) is 3.28. The van der Waals surface area contributed by atoms with Crippen LogP contribution in [0.5, 0.6) is 0 Å². The average molecular weight is 324 g/mol. The molecule has 0 unspecified atom stereocenters. The first-order valence-electron chi connectivity index (χ1n) is 8.48. The number of anilines is 1. The number of benzene rings is 2. The fourth-order valence-electron chi connectivity index (χ4n) is 3.12. The molecule has 0 saturated heterocycles. The standard InChI is InChI=1S/C20H24N2O2/c1-20(2,3)19(24)21-12-11-17(23)22-16-10-9-14-8-7-13-5-4-6-15(16)18(13)14/h4-6,9-10H,7-8,11-12H2,1-3H3,(H,21,24)(H,22,23). The van der Waals surface area contributed by atoms with E-state index in [4.69, 9.17) is 0 Å². The number of carbonyl (C=O) groups excluding carboxylic acids is 2. The summed E-state index contributed by atoms with van der Waals surface area (Å²) in [6.45, 7) is 5.92. The maximum atomic E-state index is 12.2. The molecule has 1 aliphatic rings. The molecule has 0 spiro atoms. The van der Waals surface area contributed by atoms with Gasteiger partial charge in [0.05, 0.1) is 0 Å². The molecule has 1 aliphatic carbocycles. The van der Waals surface area contributed by atoms with Crippen LogP contribution in [0.15, 0.2) is 30.3 Å². The Morgan fingerprint density at radius 1 is 1.04 bits per heavy atom. The molecule has 0 fully saturated rings. The van der Waals surface area contributed by atoms with Crippen LogP contribution in [-0.4, -0.2) is 18.4 Å². The Kier molecular flexibility index (Phi) is 4.31. The first kappa shape index (κ1) is 16.5. The van der Waals surface area contributed by atoms with Crippen molar-refractivity contribution in [3.63, 3.8) is 0 Å². The lowest BCUT2D eigenvalue weighted by Gasteiger charge is -2.17. The van der Waals surface area contributed by atoms with Crippen LogP contribution >= 0.6 is 0 Å². The summed E-state index contributed by atoms with van der Waals surface area (Å²) in [4.78, 5) is 24.0. The fourth-order valence-corrected chi connectivity index (χ4v) is 3.12. The summed E-state index contributed by atoms with van der Waals surface area (Å²) in [5, 5.41) is 8.19. The van der Waals surface area contributed by atoms with Gasteiger partial charge in [0.15, 0.2) is 0 Å². The lowest BCUT2D eigenvalue weighted by Crippen LogP contribution is -2.36. The van der Waals surface area contributed by atoms with Crippen molar-refractivity contribution in [2.45, 2.75) is 40.0 Å². The monoisotopic (exact) mass is 324 g/mol. The molecular weight excluding hydrogens is 300 g/mol. The number of hydrogen-bond acceptors (Lipinski definition) is 2. The summed E-state index contributed by atoms with van der Waals surface area (Å²) in [5.74, 6) is -0.122. The maximum absolute atomic E-state index is 12.2. The predicted molar refractivity (Wildman–Crippen MR) is 97.1 cm³/mol. The molecule has 2 aromatic carbocycles. The summed E-state index contributed by atoms with van der Waals surface area (Å²) in [6, 6.07) is 10.4. The van der Waals surface area contributed by atoms with Crippen molar-refractivity contribution in [3.8, 4) is 0 Å². The summed E-state index contributed by atoms with van der Waals surface area (Å²) in [6.07, 6.45) is 2.41. The molecule has 0 aliphatic heterocycles. The van der Waals surface area contributed by atoms with Crippen LogP contribution in [0.25, 0.3) is 10.8 Å². The molecule has 24 heavy (non-hydrogen) atoms. The van der Waals surface area contributed by atoms with Crippen LogP contribution < -0.4 is 10.6 Å². The molecule has 4 nitrogen and oxygen atoms in total. The van der Waals surface area contributed by atoms with Gasteiger partial charge in [-0.25, -0.2) is 0 Å². The van der Waals surface area contributed by atoms with E-state index >= 15 is 0 Å². The van der Waals surface area contributed by atoms with Crippen LogP contribution in [0.3, 0.4) is 0 Å². The topological polar surface area (TPSA) is 58.2 Å². The first-order valence-corrected chi connectivity index (χ1v) is 8.48. The smallest absolute Gasteiger partial charge is 0.226 e. The van der Waals surface area contributed by atoms with E-state index < -0.39 is 5.41 Å². The lowest BCUT2D eigenvalue weighted by molar-refractivity contribution is -0.128. The van der Waals surface area contributed by atoms with Crippen molar-refractivity contribution in [1.29, 1.82) is 0 Å². The Morgan fingerprint density at radius 3 is 2.46 bits per heavy atom. The molecule has 0 saturated carbocycles. The molecule has 3 rings (SSSR count). The van der Waals surface area contributed by atoms with E-state index in [2.05, 4.69) is 28.8 Å². The van der Waals surface area contributed by atoms with Gasteiger partial charge in [-0.3, -0.25) is 9.59 Å². The maximum Gasteiger partial charge on any atom is 0.226 e. The lowest BCUT2D eigenvalue weighted by atomic mass is 9.96. The molecule has 0 heterocycles. The average Bonchev–Trinajstić information content (AvgIpc) is 2.94. The highest BCUT2D eigenvalue weighted by molar-refractivity contribution is 6.05. The predicted octanol–water partition coefficient (Wildman–Crippen LogP) is 3.43. The zero-order valence-corrected chi connectivity index (χ0v) is 14.5. The van der Waals surface area contributed by atoms with Gasteiger partial charge in [-0.1, -0.05) is 45.0 Å². The molecule has 2 aromatic rings. The Morgan fingerprint density at radius 2 is 1.75 bits per heavy atom. The second kappa shape index (κ2) is 6.27. The van der Waals surface area contributed by atoms with Gasteiger partial charge in [0.2, 0.25) is 11.8 Å². The quantitative estimate of drug-likeness (QED) is 0.905. The second-order valence-corrected chi connectivity index (χ2v) is 7.42.